The lowest BCUT2D eigenvalue weighted by molar-refractivity contribution is 0.0943. The summed E-state index contributed by atoms with van der Waals surface area (Å²) in [5.41, 5.74) is -0.551. The van der Waals surface area contributed by atoms with Gasteiger partial charge in [0.1, 0.15) is 17.2 Å². The molecule has 0 unspecified atom stereocenters. The summed E-state index contributed by atoms with van der Waals surface area (Å²) >= 11 is 4.76. The van der Waals surface area contributed by atoms with Crippen molar-refractivity contribution >= 4 is 33.2 Å². The first-order valence-electron chi connectivity index (χ1n) is 5.03. The summed E-state index contributed by atoms with van der Waals surface area (Å²) in [7, 11) is 0. The fourth-order valence-corrected chi connectivity index (χ4v) is 2.85. The van der Waals surface area contributed by atoms with Gasteiger partial charge in [-0.15, -0.1) is 11.3 Å². The van der Waals surface area contributed by atoms with Crippen molar-refractivity contribution in [3.63, 3.8) is 0 Å². The number of hydrogen-bond acceptors (Lipinski definition) is 2. The zero-order valence-corrected chi connectivity index (χ0v) is 11.4. The topological polar surface area (TPSA) is 29.1 Å². The lowest BCUT2D eigenvalue weighted by atomic mass is 10.2. The molecule has 1 aromatic carbocycles. The first-order valence-corrected chi connectivity index (χ1v) is 6.71. The van der Waals surface area contributed by atoms with Gasteiger partial charge in [-0.1, -0.05) is 6.07 Å². The van der Waals surface area contributed by atoms with E-state index >= 15 is 0 Å². The number of benzene rings is 1. The van der Waals surface area contributed by atoms with Crippen LogP contribution >= 0.6 is 27.3 Å². The maximum absolute atomic E-state index is 13.3. The van der Waals surface area contributed by atoms with E-state index in [4.69, 9.17) is 0 Å². The van der Waals surface area contributed by atoms with Crippen LogP contribution in [0.2, 0.25) is 0 Å². The lowest BCUT2D eigenvalue weighted by Gasteiger charge is -2.06. The molecule has 0 radical (unpaired) electrons. The Kier molecular flexibility index (Phi) is 4.08. The molecule has 2 aromatic rings. The predicted octanol–water partition coefficient (Wildman–Crippen LogP) is 3.72. The number of nitrogens with one attached hydrogen (secondary N) is 1. The second kappa shape index (κ2) is 5.58. The molecule has 0 saturated heterocycles. The third-order valence-electron chi connectivity index (χ3n) is 2.29. The molecule has 0 atom stereocenters. The molecular formula is C12H8BrF2NOS. The number of amides is 1. The van der Waals surface area contributed by atoms with Crippen LogP contribution in [0.25, 0.3) is 0 Å². The van der Waals surface area contributed by atoms with E-state index in [1.54, 1.807) is 0 Å². The van der Waals surface area contributed by atoms with E-state index in [-0.39, 0.29) is 6.54 Å². The maximum Gasteiger partial charge on any atom is 0.257 e. The van der Waals surface area contributed by atoms with Crippen LogP contribution in [0.15, 0.2) is 34.1 Å². The summed E-state index contributed by atoms with van der Waals surface area (Å²) in [6.45, 7) is 0.227. The van der Waals surface area contributed by atoms with Crippen LogP contribution in [0.4, 0.5) is 8.78 Å². The van der Waals surface area contributed by atoms with Crippen molar-refractivity contribution in [2.24, 2.45) is 0 Å². The highest BCUT2D eigenvalue weighted by Gasteiger charge is 2.16. The summed E-state index contributed by atoms with van der Waals surface area (Å²) in [5.74, 6) is -2.48. The molecule has 0 aliphatic carbocycles. The second-order valence-electron chi connectivity index (χ2n) is 3.47. The van der Waals surface area contributed by atoms with Gasteiger partial charge in [-0.3, -0.25) is 4.79 Å². The van der Waals surface area contributed by atoms with E-state index in [9.17, 15) is 13.6 Å². The molecule has 0 bridgehead atoms. The molecule has 1 aromatic heterocycles. The van der Waals surface area contributed by atoms with Crippen LogP contribution in [0.5, 0.6) is 0 Å². The van der Waals surface area contributed by atoms with Gasteiger partial charge < -0.3 is 5.32 Å². The summed E-state index contributed by atoms with van der Waals surface area (Å²) in [6.07, 6.45) is 0. The van der Waals surface area contributed by atoms with E-state index in [2.05, 4.69) is 21.2 Å². The molecule has 2 nitrogen and oxygen atoms in total. The molecule has 1 N–H and O–H groups in total. The lowest BCUT2D eigenvalue weighted by Crippen LogP contribution is -2.24. The Morgan fingerprint density at radius 2 is 1.94 bits per heavy atom. The molecule has 0 aliphatic heterocycles. The largest absolute Gasteiger partial charge is 0.347 e. The Labute approximate surface area is 115 Å². The highest BCUT2D eigenvalue weighted by atomic mass is 79.9. The Morgan fingerprint density at radius 3 is 2.50 bits per heavy atom. The van der Waals surface area contributed by atoms with Gasteiger partial charge in [-0.25, -0.2) is 8.78 Å². The standard InChI is InChI=1S/C12H8BrF2NOS/c13-7-4-5-18-10(7)6-16-12(17)11-8(14)2-1-3-9(11)15/h1-5H,6H2,(H,16,17). The van der Waals surface area contributed by atoms with Gasteiger partial charge in [-0.2, -0.15) is 0 Å². The van der Waals surface area contributed by atoms with Crippen LogP contribution in [-0.2, 0) is 6.54 Å². The first kappa shape index (κ1) is 13.2. The van der Waals surface area contributed by atoms with E-state index in [0.29, 0.717) is 0 Å². The van der Waals surface area contributed by atoms with Crippen LogP contribution < -0.4 is 5.32 Å². The van der Waals surface area contributed by atoms with Gasteiger partial charge in [0.25, 0.3) is 5.91 Å². The Morgan fingerprint density at radius 1 is 1.28 bits per heavy atom. The molecular weight excluding hydrogens is 324 g/mol. The molecule has 0 spiro atoms. The van der Waals surface area contributed by atoms with Crippen LogP contribution in [0, 0.1) is 11.6 Å². The van der Waals surface area contributed by atoms with Crippen LogP contribution in [-0.4, -0.2) is 5.91 Å². The maximum atomic E-state index is 13.3. The van der Waals surface area contributed by atoms with E-state index in [1.807, 2.05) is 11.4 Å². The average Bonchev–Trinajstić information content (AvgIpc) is 2.72. The quantitative estimate of drug-likeness (QED) is 0.912. The van der Waals surface area contributed by atoms with Crippen molar-refractivity contribution in [3.8, 4) is 0 Å². The average molecular weight is 332 g/mol. The molecule has 1 heterocycles. The van der Waals surface area contributed by atoms with Gasteiger partial charge in [0.05, 0.1) is 6.54 Å². The number of thiophene rings is 1. The molecule has 94 valence electrons. The molecule has 6 heteroatoms. The third-order valence-corrected chi connectivity index (χ3v) is 4.22. The SMILES string of the molecule is O=C(NCc1sccc1Br)c1c(F)cccc1F. The van der Waals surface area contributed by atoms with Crippen molar-refractivity contribution in [2.45, 2.75) is 6.54 Å². The van der Waals surface area contributed by atoms with Crippen molar-refractivity contribution < 1.29 is 13.6 Å². The summed E-state index contributed by atoms with van der Waals surface area (Å²) < 4.78 is 27.5. The monoisotopic (exact) mass is 331 g/mol. The molecule has 2 rings (SSSR count). The first-order chi connectivity index (χ1) is 8.59. The summed E-state index contributed by atoms with van der Waals surface area (Å²) in [5, 5.41) is 4.34. The minimum atomic E-state index is -0.863. The number of halogens is 3. The zero-order valence-electron chi connectivity index (χ0n) is 9.04. The van der Waals surface area contributed by atoms with Crippen molar-refractivity contribution in [2.75, 3.05) is 0 Å². The van der Waals surface area contributed by atoms with Gasteiger partial charge in [0.15, 0.2) is 0 Å². The smallest absolute Gasteiger partial charge is 0.257 e. The summed E-state index contributed by atoms with van der Waals surface area (Å²) in [6, 6.07) is 5.17. The number of rotatable bonds is 3. The molecule has 0 fully saturated rings. The fraction of sp³-hybridized carbons (Fsp3) is 0.0833. The molecule has 0 aliphatic rings. The minimum absolute atomic E-state index is 0.227. The van der Waals surface area contributed by atoms with Crippen LogP contribution in [0.1, 0.15) is 15.2 Å². The normalized spacial score (nSPS) is 10.4. The zero-order chi connectivity index (χ0) is 13.1. The van der Waals surface area contributed by atoms with Gasteiger partial charge in [0, 0.05) is 9.35 Å². The third kappa shape index (κ3) is 2.76. The predicted molar refractivity (Wildman–Crippen MR) is 69.5 cm³/mol. The highest BCUT2D eigenvalue weighted by Crippen LogP contribution is 2.22. The molecule has 18 heavy (non-hydrogen) atoms. The van der Waals surface area contributed by atoms with Crippen molar-refractivity contribution in [1.82, 2.24) is 5.32 Å². The Bertz CT molecular complexity index is 565. The number of hydrogen-bond donors (Lipinski definition) is 1. The van der Waals surface area contributed by atoms with Crippen molar-refractivity contribution in [1.29, 1.82) is 0 Å². The Hall–Kier alpha value is -1.27. The molecule has 0 saturated carbocycles. The van der Waals surface area contributed by atoms with E-state index in [1.165, 1.54) is 17.4 Å². The van der Waals surface area contributed by atoms with E-state index in [0.717, 1.165) is 21.5 Å². The Balaban J connectivity index is 2.11. The van der Waals surface area contributed by atoms with Gasteiger partial charge in [-0.05, 0) is 39.5 Å². The van der Waals surface area contributed by atoms with E-state index < -0.39 is 23.1 Å². The van der Waals surface area contributed by atoms with Crippen molar-refractivity contribution in [3.05, 3.63) is 56.2 Å². The highest BCUT2D eigenvalue weighted by molar-refractivity contribution is 9.10. The number of carbonyl (C=O) groups excluding carboxylic acids is 1. The molecule has 1 amide bonds. The van der Waals surface area contributed by atoms with Gasteiger partial charge >= 0.3 is 0 Å². The minimum Gasteiger partial charge on any atom is -0.347 e. The summed E-state index contributed by atoms with van der Waals surface area (Å²) in [4.78, 5) is 12.6. The number of carbonyl (C=O) groups is 1. The van der Waals surface area contributed by atoms with Gasteiger partial charge in [0.2, 0.25) is 0 Å². The van der Waals surface area contributed by atoms with Crippen LogP contribution in [0.3, 0.4) is 0 Å². The second-order valence-corrected chi connectivity index (χ2v) is 5.33. The fourth-order valence-electron chi connectivity index (χ4n) is 1.41.